The number of carbonyl (C=O) groups excluding carboxylic acids is 2. The molecule has 0 fully saturated rings. The minimum absolute atomic E-state index is 0.0198. The number of aromatic amines is 1. The molecule has 0 saturated carbocycles. The lowest BCUT2D eigenvalue weighted by atomic mass is 9.94. The van der Waals surface area contributed by atoms with Crippen LogP contribution in [0.15, 0.2) is 35.5 Å². The number of nitrogens with one attached hydrogen (secondary N) is 2. The molecule has 2 aromatic rings. The highest BCUT2D eigenvalue weighted by molar-refractivity contribution is 6.04. The van der Waals surface area contributed by atoms with E-state index in [0.29, 0.717) is 0 Å². The van der Waals surface area contributed by atoms with E-state index in [1.165, 1.54) is 11.9 Å². The van der Waals surface area contributed by atoms with Crippen molar-refractivity contribution in [2.45, 2.75) is 38.8 Å². The SMILES string of the molecule is CC(C)NC(=O)N(C)C1=NC(=O)C(C(C)c2c[nH]c3ccccc23)O1. The van der Waals surface area contributed by atoms with Crippen LogP contribution in [0.5, 0.6) is 0 Å². The molecule has 0 radical (unpaired) electrons. The number of nitrogens with zero attached hydrogens (tertiary/aromatic N) is 2. The maximum absolute atomic E-state index is 12.3. The summed E-state index contributed by atoms with van der Waals surface area (Å²) in [5.74, 6) is -0.580. The first kappa shape index (κ1) is 17.0. The lowest BCUT2D eigenvalue weighted by Gasteiger charge is -2.21. The van der Waals surface area contributed by atoms with E-state index in [-0.39, 0.29) is 29.9 Å². The number of amides is 3. The number of hydrogen-bond acceptors (Lipinski definition) is 3. The normalized spacial score (nSPS) is 18.2. The predicted octanol–water partition coefficient (Wildman–Crippen LogP) is 2.60. The number of aliphatic imine (C=N–C) groups is 1. The van der Waals surface area contributed by atoms with Crippen molar-refractivity contribution in [2.24, 2.45) is 4.99 Å². The Morgan fingerprint density at radius 2 is 2.04 bits per heavy atom. The Hall–Kier alpha value is -2.83. The standard InChI is InChI=1S/C18H22N4O3/c1-10(2)20-17(24)22(4)18-21-16(23)15(25-18)11(3)13-9-19-14-8-6-5-7-12(13)14/h5-11,15,19H,1-4H3,(H,20,24). The molecule has 7 heteroatoms. The summed E-state index contributed by atoms with van der Waals surface area (Å²) in [6.45, 7) is 5.64. The molecule has 2 unspecified atom stereocenters. The van der Waals surface area contributed by atoms with Crippen LogP contribution in [0.4, 0.5) is 4.79 Å². The van der Waals surface area contributed by atoms with Gasteiger partial charge in [-0.05, 0) is 25.5 Å². The van der Waals surface area contributed by atoms with Crippen molar-refractivity contribution in [3.63, 3.8) is 0 Å². The third-order valence-corrected chi connectivity index (χ3v) is 4.25. The second-order valence-electron chi connectivity index (χ2n) is 6.51. The number of H-pyrrole nitrogens is 1. The Bertz CT molecular complexity index is 840. The molecule has 0 aliphatic carbocycles. The van der Waals surface area contributed by atoms with E-state index in [4.69, 9.17) is 4.74 Å². The van der Waals surface area contributed by atoms with Gasteiger partial charge in [0, 0.05) is 36.1 Å². The molecule has 3 rings (SSSR count). The molecule has 1 aromatic carbocycles. The molecule has 0 bridgehead atoms. The minimum atomic E-state index is -0.747. The quantitative estimate of drug-likeness (QED) is 0.899. The van der Waals surface area contributed by atoms with E-state index in [0.717, 1.165) is 16.5 Å². The maximum Gasteiger partial charge on any atom is 0.325 e. The van der Waals surface area contributed by atoms with Gasteiger partial charge in [0.25, 0.3) is 5.91 Å². The molecule has 3 amide bonds. The lowest BCUT2D eigenvalue weighted by molar-refractivity contribution is -0.123. The summed E-state index contributed by atoms with van der Waals surface area (Å²) < 4.78 is 5.72. The average molecular weight is 342 g/mol. The monoisotopic (exact) mass is 342 g/mol. The summed E-state index contributed by atoms with van der Waals surface area (Å²) in [5.41, 5.74) is 1.99. The van der Waals surface area contributed by atoms with Crippen molar-refractivity contribution >= 4 is 28.9 Å². The Morgan fingerprint density at radius 3 is 2.76 bits per heavy atom. The third-order valence-electron chi connectivity index (χ3n) is 4.25. The summed E-state index contributed by atoms with van der Waals surface area (Å²) in [6.07, 6.45) is 1.14. The third kappa shape index (κ3) is 3.22. The minimum Gasteiger partial charge on any atom is -0.450 e. The first-order chi connectivity index (χ1) is 11.9. The fourth-order valence-electron chi connectivity index (χ4n) is 2.88. The molecule has 0 saturated heterocycles. The van der Waals surface area contributed by atoms with Gasteiger partial charge < -0.3 is 15.0 Å². The van der Waals surface area contributed by atoms with Gasteiger partial charge in [-0.25, -0.2) is 4.79 Å². The van der Waals surface area contributed by atoms with Crippen LogP contribution in [-0.4, -0.2) is 47.0 Å². The summed E-state index contributed by atoms with van der Waals surface area (Å²) >= 11 is 0. The Balaban J connectivity index is 1.77. The fraction of sp³-hybridized carbons (Fsp3) is 0.389. The summed E-state index contributed by atoms with van der Waals surface area (Å²) in [5, 5.41) is 3.79. The van der Waals surface area contributed by atoms with Crippen molar-refractivity contribution in [3.05, 3.63) is 36.0 Å². The van der Waals surface area contributed by atoms with E-state index >= 15 is 0 Å². The van der Waals surface area contributed by atoms with Gasteiger partial charge in [0.1, 0.15) is 0 Å². The van der Waals surface area contributed by atoms with Crippen LogP contribution >= 0.6 is 0 Å². The number of hydrogen-bond donors (Lipinski definition) is 2. The van der Waals surface area contributed by atoms with Crippen molar-refractivity contribution in [1.29, 1.82) is 0 Å². The molecule has 0 spiro atoms. The molecule has 2 heterocycles. The van der Waals surface area contributed by atoms with Gasteiger partial charge in [0.15, 0.2) is 6.10 Å². The first-order valence-electron chi connectivity index (χ1n) is 8.28. The second-order valence-corrected chi connectivity index (χ2v) is 6.51. The van der Waals surface area contributed by atoms with Gasteiger partial charge in [-0.1, -0.05) is 25.1 Å². The molecule has 1 aromatic heterocycles. The number of aromatic nitrogens is 1. The van der Waals surface area contributed by atoms with Crippen LogP contribution in [0.3, 0.4) is 0 Å². The highest BCUT2D eigenvalue weighted by Crippen LogP contribution is 2.31. The number of urea groups is 1. The van der Waals surface area contributed by atoms with Crippen LogP contribution in [0.25, 0.3) is 10.9 Å². The van der Waals surface area contributed by atoms with Gasteiger partial charge in [-0.15, -0.1) is 0 Å². The number of benzene rings is 1. The van der Waals surface area contributed by atoms with Crippen LogP contribution in [0.1, 0.15) is 32.3 Å². The van der Waals surface area contributed by atoms with E-state index in [9.17, 15) is 9.59 Å². The smallest absolute Gasteiger partial charge is 0.325 e. The Morgan fingerprint density at radius 1 is 1.32 bits per heavy atom. The lowest BCUT2D eigenvalue weighted by Crippen LogP contribution is -2.44. The van der Waals surface area contributed by atoms with Gasteiger partial charge in [-0.2, -0.15) is 4.99 Å². The molecule has 25 heavy (non-hydrogen) atoms. The zero-order valence-electron chi connectivity index (χ0n) is 14.7. The number of fused-ring (bicyclic) bond motifs is 1. The molecule has 7 nitrogen and oxygen atoms in total. The van der Waals surface area contributed by atoms with Crippen LogP contribution in [-0.2, 0) is 9.53 Å². The topological polar surface area (TPSA) is 86.8 Å². The van der Waals surface area contributed by atoms with Crippen LogP contribution < -0.4 is 5.32 Å². The molecule has 132 valence electrons. The summed E-state index contributed by atoms with van der Waals surface area (Å²) in [6, 6.07) is 7.54. The summed E-state index contributed by atoms with van der Waals surface area (Å²) in [7, 11) is 1.53. The molecule has 1 aliphatic rings. The van der Waals surface area contributed by atoms with Crippen molar-refractivity contribution < 1.29 is 14.3 Å². The number of carbonyl (C=O) groups is 2. The van der Waals surface area contributed by atoms with Crippen LogP contribution in [0, 0.1) is 0 Å². The zero-order chi connectivity index (χ0) is 18.1. The van der Waals surface area contributed by atoms with E-state index in [2.05, 4.69) is 15.3 Å². The number of amidine groups is 1. The van der Waals surface area contributed by atoms with E-state index in [1.54, 1.807) is 0 Å². The largest absolute Gasteiger partial charge is 0.450 e. The van der Waals surface area contributed by atoms with Gasteiger partial charge in [-0.3, -0.25) is 9.69 Å². The van der Waals surface area contributed by atoms with E-state index < -0.39 is 6.10 Å². The van der Waals surface area contributed by atoms with Crippen molar-refractivity contribution in [3.8, 4) is 0 Å². The van der Waals surface area contributed by atoms with Gasteiger partial charge in [0.05, 0.1) is 0 Å². The zero-order valence-corrected chi connectivity index (χ0v) is 14.7. The maximum atomic E-state index is 12.3. The predicted molar refractivity (Wildman–Crippen MR) is 95.5 cm³/mol. The molecule has 1 aliphatic heterocycles. The first-order valence-corrected chi connectivity index (χ1v) is 8.28. The van der Waals surface area contributed by atoms with E-state index in [1.807, 2.05) is 51.2 Å². The molecular formula is C18H22N4O3. The highest BCUT2D eigenvalue weighted by Gasteiger charge is 2.38. The number of rotatable bonds is 3. The van der Waals surface area contributed by atoms with Crippen molar-refractivity contribution in [1.82, 2.24) is 15.2 Å². The van der Waals surface area contributed by atoms with Gasteiger partial charge >= 0.3 is 12.1 Å². The molecule has 2 N–H and O–H groups in total. The number of ether oxygens (including phenoxy) is 1. The van der Waals surface area contributed by atoms with Crippen molar-refractivity contribution in [2.75, 3.05) is 7.05 Å². The second kappa shape index (κ2) is 6.58. The Kier molecular flexibility index (Phi) is 4.48. The summed E-state index contributed by atoms with van der Waals surface area (Å²) in [4.78, 5) is 32.7. The average Bonchev–Trinajstić information content (AvgIpc) is 3.16. The fourth-order valence-corrected chi connectivity index (χ4v) is 2.88. The highest BCUT2D eigenvalue weighted by atomic mass is 16.5. The van der Waals surface area contributed by atoms with Gasteiger partial charge in [0.2, 0.25) is 0 Å². The number of para-hydroxylation sites is 1. The molecular weight excluding hydrogens is 320 g/mol. The Labute approximate surface area is 146 Å². The molecule has 2 atom stereocenters. The van der Waals surface area contributed by atoms with Crippen LogP contribution in [0.2, 0.25) is 0 Å².